The highest BCUT2D eigenvalue weighted by molar-refractivity contribution is 6.27. The molecule has 0 saturated heterocycles. The molecule has 6 aromatic rings. The Labute approximate surface area is 296 Å². The van der Waals surface area contributed by atoms with Gasteiger partial charge >= 0.3 is 11.9 Å². The van der Waals surface area contributed by atoms with Crippen molar-refractivity contribution in [3.05, 3.63) is 96.1 Å². The Bertz CT molecular complexity index is 2000. The van der Waals surface area contributed by atoms with Crippen LogP contribution >= 0.6 is 0 Å². The highest BCUT2D eigenvalue weighted by Crippen LogP contribution is 2.50. The van der Waals surface area contributed by atoms with Crippen molar-refractivity contribution in [3.8, 4) is 22.6 Å². The highest BCUT2D eigenvalue weighted by Gasteiger charge is 2.24. The van der Waals surface area contributed by atoms with Gasteiger partial charge in [-0.05, 0) is 59.4 Å². The van der Waals surface area contributed by atoms with E-state index in [0.29, 0.717) is 24.3 Å². The van der Waals surface area contributed by atoms with Crippen molar-refractivity contribution in [1.82, 2.24) is 0 Å². The third-order valence-electron chi connectivity index (χ3n) is 9.91. The molecule has 0 aliphatic carbocycles. The Hall–Kier alpha value is -4.70. The molecule has 0 radical (unpaired) electrons. The summed E-state index contributed by atoms with van der Waals surface area (Å²) < 4.78 is 12.6. The second kappa shape index (κ2) is 16.3. The molecule has 0 fully saturated rings. The Kier molecular flexibility index (Phi) is 11.5. The van der Waals surface area contributed by atoms with Gasteiger partial charge in [0.15, 0.2) is 0 Å². The van der Waals surface area contributed by atoms with Gasteiger partial charge in [-0.3, -0.25) is 9.59 Å². The van der Waals surface area contributed by atoms with Crippen LogP contribution in [0.4, 0.5) is 0 Å². The summed E-state index contributed by atoms with van der Waals surface area (Å²) in [5.74, 6) is 0.855. The Morgan fingerprint density at radius 2 is 0.800 bits per heavy atom. The van der Waals surface area contributed by atoms with Crippen molar-refractivity contribution >= 4 is 55.0 Å². The van der Waals surface area contributed by atoms with E-state index in [9.17, 15) is 9.59 Å². The van der Waals surface area contributed by atoms with Crippen LogP contribution in [0.15, 0.2) is 84.9 Å². The molecule has 0 aliphatic rings. The molecule has 258 valence electrons. The minimum absolute atomic E-state index is 0.190. The first-order valence-corrected chi connectivity index (χ1v) is 18.7. The number of carbonyl (C=O) groups is 2. The summed E-state index contributed by atoms with van der Waals surface area (Å²) >= 11 is 0. The smallest absolute Gasteiger partial charge is 0.311 e. The molecule has 0 unspecified atom stereocenters. The fourth-order valence-electron chi connectivity index (χ4n) is 7.34. The van der Waals surface area contributed by atoms with Gasteiger partial charge in [-0.2, -0.15) is 0 Å². The number of carbonyl (C=O) groups excluding carboxylic acids is 2. The average molecular weight is 667 g/mol. The van der Waals surface area contributed by atoms with Crippen LogP contribution in [-0.2, 0) is 9.59 Å². The number of hydrogen-bond donors (Lipinski definition) is 0. The number of fused-ring (bicyclic) bond motifs is 4. The van der Waals surface area contributed by atoms with Crippen molar-refractivity contribution < 1.29 is 19.1 Å². The largest absolute Gasteiger partial charge is 0.425 e. The molecule has 0 aromatic heterocycles. The number of rotatable bonds is 15. The van der Waals surface area contributed by atoms with E-state index >= 15 is 0 Å². The van der Waals surface area contributed by atoms with Gasteiger partial charge < -0.3 is 9.47 Å². The van der Waals surface area contributed by atoms with E-state index in [1.165, 1.54) is 25.7 Å². The van der Waals surface area contributed by atoms with E-state index in [0.717, 1.165) is 104 Å². The third-order valence-corrected chi connectivity index (χ3v) is 9.91. The minimum atomic E-state index is -0.190. The SMILES string of the molecule is CCCCCCCC(=O)Oc1c2ccccc2c(-c2c3ccccc3c(OC(=O)CCCCCCC)c3ccc(C)cc23)c2cc(C)ccc12. The van der Waals surface area contributed by atoms with Crippen molar-refractivity contribution in [2.45, 2.75) is 105 Å². The standard InChI is InChI=1S/C46H50O4/c1-5-7-9-11-13-23-41(47)49-45-35-21-17-15-19-33(35)43(39-29-31(3)25-27-37(39)45)44-34-20-16-18-22-36(34)46(38-28-26-32(4)30-40(38)44)50-42(48)24-14-12-10-8-6-2/h15-22,25-30H,5-14,23-24H2,1-4H3. The Morgan fingerprint density at radius 3 is 1.20 bits per heavy atom. The predicted molar refractivity (Wildman–Crippen MR) is 209 cm³/mol. The molecule has 0 saturated carbocycles. The van der Waals surface area contributed by atoms with Crippen molar-refractivity contribution in [1.29, 1.82) is 0 Å². The number of ether oxygens (including phenoxy) is 2. The van der Waals surface area contributed by atoms with Gasteiger partial charge in [0.25, 0.3) is 0 Å². The van der Waals surface area contributed by atoms with Crippen LogP contribution in [0.1, 0.15) is 102 Å². The quantitative estimate of drug-likeness (QED) is 0.0474. The van der Waals surface area contributed by atoms with Crippen LogP contribution in [0.3, 0.4) is 0 Å². The zero-order valence-electron chi connectivity index (χ0n) is 30.2. The van der Waals surface area contributed by atoms with E-state index in [4.69, 9.17) is 9.47 Å². The summed E-state index contributed by atoms with van der Waals surface area (Å²) in [6, 6.07) is 29.3. The molecule has 0 heterocycles. The van der Waals surface area contributed by atoms with E-state index in [-0.39, 0.29) is 11.9 Å². The molecule has 0 N–H and O–H groups in total. The number of hydrogen-bond acceptors (Lipinski definition) is 4. The number of unbranched alkanes of at least 4 members (excludes halogenated alkanes) is 8. The van der Waals surface area contributed by atoms with Crippen molar-refractivity contribution in [2.75, 3.05) is 0 Å². The summed E-state index contributed by atoms with van der Waals surface area (Å²) in [5.41, 5.74) is 4.41. The first-order chi connectivity index (χ1) is 24.4. The van der Waals surface area contributed by atoms with Crippen LogP contribution in [0.2, 0.25) is 0 Å². The minimum Gasteiger partial charge on any atom is -0.425 e. The summed E-state index contributed by atoms with van der Waals surface area (Å²) in [4.78, 5) is 26.6. The lowest BCUT2D eigenvalue weighted by Gasteiger charge is -2.22. The number of aryl methyl sites for hydroxylation is 2. The lowest BCUT2D eigenvalue weighted by Crippen LogP contribution is -2.09. The van der Waals surface area contributed by atoms with Gasteiger partial charge in [0.05, 0.1) is 0 Å². The van der Waals surface area contributed by atoms with Crippen LogP contribution in [0.5, 0.6) is 11.5 Å². The van der Waals surface area contributed by atoms with Crippen LogP contribution < -0.4 is 9.47 Å². The maximum absolute atomic E-state index is 13.3. The van der Waals surface area contributed by atoms with E-state index in [1.807, 2.05) is 12.1 Å². The average Bonchev–Trinajstić information content (AvgIpc) is 3.12. The fraction of sp³-hybridized carbons (Fsp3) is 0.348. The summed E-state index contributed by atoms with van der Waals surface area (Å²) in [6.45, 7) is 8.60. The topological polar surface area (TPSA) is 52.6 Å². The third kappa shape index (κ3) is 7.55. The number of benzene rings is 6. The van der Waals surface area contributed by atoms with Crippen molar-refractivity contribution in [3.63, 3.8) is 0 Å². The second-order valence-corrected chi connectivity index (χ2v) is 13.9. The van der Waals surface area contributed by atoms with Crippen LogP contribution in [0.25, 0.3) is 54.2 Å². The molecular weight excluding hydrogens is 617 g/mol. The summed E-state index contributed by atoms with van der Waals surface area (Å²) in [5, 5.41) is 7.71. The van der Waals surface area contributed by atoms with E-state index < -0.39 is 0 Å². The lowest BCUT2D eigenvalue weighted by molar-refractivity contribution is -0.135. The van der Waals surface area contributed by atoms with Crippen LogP contribution in [0, 0.1) is 13.8 Å². The maximum atomic E-state index is 13.3. The summed E-state index contributed by atoms with van der Waals surface area (Å²) in [6.07, 6.45) is 11.5. The van der Waals surface area contributed by atoms with Gasteiger partial charge in [0.2, 0.25) is 0 Å². The zero-order chi connectivity index (χ0) is 35.0. The molecular formula is C46H50O4. The first kappa shape index (κ1) is 35.1. The summed E-state index contributed by atoms with van der Waals surface area (Å²) in [7, 11) is 0. The van der Waals surface area contributed by atoms with Gasteiger partial charge in [0, 0.05) is 34.4 Å². The van der Waals surface area contributed by atoms with Gasteiger partial charge in [-0.1, -0.05) is 161 Å². The number of esters is 2. The fourth-order valence-corrected chi connectivity index (χ4v) is 7.34. The predicted octanol–water partition coefficient (Wildman–Crippen LogP) is 13.1. The van der Waals surface area contributed by atoms with Crippen LogP contribution in [-0.4, -0.2) is 11.9 Å². The molecule has 4 nitrogen and oxygen atoms in total. The monoisotopic (exact) mass is 666 g/mol. The molecule has 0 atom stereocenters. The normalized spacial score (nSPS) is 11.5. The molecule has 4 heteroatoms. The second-order valence-electron chi connectivity index (χ2n) is 13.9. The highest BCUT2D eigenvalue weighted by atomic mass is 16.5. The Balaban J connectivity index is 1.54. The molecule has 0 aliphatic heterocycles. The maximum Gasteiger partial charge on any atom is 0.311 e. The van der Waals surface area contributed by atoms with E-state index in [1.54, 1.807) is 0 Å². The van der Waals surface area contributed by atoms with E-state index in [2.05, 4.69) is 100 Å². The molecule has 6 rings (SSSR count). The molecule has 0 bridgehead atoms. The lowest BCUT2D eigenvalue weighted by atomic mass is 9.84. The molecule has 0 amide bonds. The zero-order valence-corrected chi connectivity index (χ0v) is 30.2. The molecule has 50 heavy (non-hydrogen) atoms. The molecule has 6 aromatic carbocycles. The Morgan fingerprint density at radius 1 is 0.440 bits per heavy atom. The van der Waals surface area contributed by atoms with Gasteiger partial charge in [-0.15, -0.1) is 0 Å². The first-order valence-electron chi connectivity index (χ1n) is 18.7. The van der Waals surface area contributed by atoms with Gasteiger partial charge in [-0.25, -0.2) is 0 Å². The van der Waals surface area contributed by atoms with Crippen molar-refractivity contribution in [2.24, 2.45) is 0 Å². The van der Waals surface area contributed by atoms with Gasteiger partial charge in [0.1, 0.15) is 11.5 Å². The molecule has 0 spiro atoms.